The molecule has 9 rings (SSSR count). The topological polar surface area (TPSA) is 214 Å². The van der Waals surface area contributed by atoms with Crippen molar-refractivity contribution in [2.75, 3.05) is 28.6 Å². The Morgan fingerprint density at radius 2 is 1.53 bits per heavy atom. The van der Waals surface area contributed by atoms with Crippen LogP contribution in [-0.4, -0.2) is 67.8 Å². The van der Waals surface area contributed by atoms with Crippen LogP contribution in [-0.2, 0) is 19.9 Å². The van der Waals surface area contributed by atoms with Crippen molar-refractivity contribution < 1.29 is 34.1 Å². The average molecular weight is 830 g/mol. The number of nitrogens with two attached hydrogens (primary N) is 1. The number of hydrogen-bond acceptors (Lipinski definition) is 13. The Morgan fingerprint density at radius 1 is 0.814 bits per heavy atom. The minimum Gasteiger partial charge on any atom is -0.508 e. The van der Waals surface area contributed by atoms with Gasteiger partial charge in [0.15, 0.2) is 5.60 Å². The Morgan fingerprint density at radius 3 is 2.24 bits per heavy atom. The molecule has 0 radical (unpaired) electrons. The van der Waals surface area contributed by atoms with E-state index in [2.05, 4.69) is 25.6 Å². The number of benzodiazepines with no additional fused rings is 1. The summed E-state index contributed by atoms with van der Waals surface area (Å²) in [5.41, 5.74) is 8.55. The second-order valence-corrected chi connectivity index (χ2v) is 14.6. The number of amides is 2. The molecule has 17 heteroatoms. The zero-order valence-corrected chi connectivity index (χ0v) is 32.0. The number of rotatable bonds is 9. The highest BCUT2D eigenvalue weighted by Crippen LogP contribution is 2.57. The minimum absolute atomic E-state index is 0.0595. The summed E-state index contributed by atoms with van der Waals surface area (Å²) in [6, 6.07) is 27.4. The summed E-state index contributed by atoms with van der Waals surface area (Å²) >= 11 is 12.8. The van der Waals surface area contributed by atoms with E-state index in [0.29, 0.717) is 49.9 Å². The van der Waals surface area contributed by atoms with E-state index < -0.39 is 29.4 Å². The quantitative estimate of drug-likeness (QED) is 0.0996. The molecule has 3 aliphatic heterocycles. The van der Waals surface area contributed by atoms with Crippen molar-refractivity contribution in [1.29, 1.82) is 0 Å². The number of benzene rings is 5. The summed E-state index contributed by atoms with van der Waals surface area (Å²) in [6.07, 6.45) is 0.154. The molecule has 0 saturated heterocycles. The Balaban J connectivity index is 0.999. The lowest BCUT2D eigenvalue weighted by molar-refractivity contribution is -0.123. The third-order valence-corrected chi connectivity index (χ3v) is 10.4. The van der Waals surface area contributed by atoms with E-state index in [0.717, 1.165) is 5.56 Å². The third-order valence-electron chi connectivity index (χ3n) is 10.0. The van der Waals surface area contributed by atoms with Crippen molar-refractivity contribution in [3.8, 4) is 23.0 Å². The van der Waals surface area contributed by atoms with Crippen LogP contribution in [0.2, 0.25) is 10.3 Å². The molecule has 3 aliphatic rings. The molecule has 0 fully saturated rings. The summed E-state index contributed by atoms with van der Waals surface area (Å²) in [4.78, 5) is 58.9. The molecule has 0 aliphatic carbocycles. The summed E-state index contributed by atoms with van der Waals surface area (Å²) in [6.45, 7) is -0.215. The normalized spacial score (nSPS) is 15.8. The molecule has 15 nitrogen and oxygen atoms in total. The third kappa shape index (κ3) is 6.75. The van der Waals surface area contributed by atoms with E-state index in [1.165, 1.54) is 29.2 Å². The van der Waals surface area contributed by atoms with Gasteiger partial charge in [-0.15, -0.1) is 0 Å². The van der Waals surface area contributed by atoms with Crippen LogP contribution < -0.4 is 26.0 Å². The molecular weight excluding hydrogens is 799 g/mol. The molecule has 1 unspecified atom stereocenters. The number of phenols is 2. The van der Waals surface area contributed by atoms with Crippen molar-refractivity contribution in [3.63, 3.8) is 0 Å². The molecule has 59 heavy (non-hydrogen) atoms. The number of phenolic OH excluding ortho intramolecular Hbond substituents is 2. The second-order valence-electron chi connectivity index (χ2n) is 13.8. The van der Waals surface area contributed by atoms with Crippen LogP contribution >= 0.6 is 23.2 Å². The number of aliphatic imine (C=N–C) groups is 1. The number of aromatic nitrogens is 3. The van der Waals surface area contributed by atoms with E-state index in [-0.39, 0.29) is 59.7 Å². The van der Waals surface area contributed by atoms with Gasteiger partial charge < -0.3 is 41.0 Å². The van der Waals surface area contributed by atoms with E-state index in [1.54, 1.807) is 48.5 Å². The molecule has 1 atom stereocenters. The number of primary amides is 1. The molecule has 6 N–H and O–H groups in total. The van der Waals surface area contributed by atoms with Crippen molar-refractivity contribution in [2.24, 2.45) is 10.7 Å². The average Bonchev–Trinajstić information content (AvgIpc) is 3.43. The number of esters is 1. The van der Waals surface area contributed by atoms with Crippen LogP contribution in [0.15, 0.2) is 108 Å². The molecule has 6 aromatic rings. The second kappa shape index (κ2) is 14.6. The first-order chi connectivity index (χ1) is 28.5. The van der Waals surface area contributed by atoms with Gasteiger partial charge in [-0.2, -0.15) is 15.0 Å². The summed E-state index contributed by atoms with van der Waals surface area (Å²) in [7, 11) is 0. The Hall–Kier alpha value is -7.23. The maximum absolute atomic E-state index is 14.1. The number of carbonyl (C=O) groups is 3. The number of fused-ring (bicyclic) bond motifs is 7. The van der Waals surface area contributed by atoms with Gasteiger partial charge in [-0.05, 0) is 78.7 Å². The van der Waals surface area contributed by atoms with Crippen molar-refractivity contribution in [2.45, 2.75) is 18.1 Å². The summed E-state index contributed by atoms with van der Waals surface area (Å²) < 4.78 is 12.2. The van der Waals surface area contributed by atoms with Crippen LogP contribution in [0.3, 0.4) is 0 Å². The SMILES string of the molecule is NC(=O)CN1C(=O)C(CCNc2nc(Cl)nc(Nc3ccc4c(c3)C3(OC4=O)c4ccc(O)cc4Oc4cc(O)ccc43)n2)N=C(c2ccccc2)c2cc(Cl)ccc21. The van der Waals surface area contributed by atoms with Gasteiger partial charge in [-0.25, -0.2) is 4.79 Å². The fourth-order valence-electron chi connectivity index (χ4n) is 7.56. The van der Waals surface area contributed by atoms with Crippen LogP contribution in [0.4, 0.5) is 23.3 Å². The number of halogens is 2. The fraction of sp³-hybridized carbons (Fsp3) is 0.119. The highest BCUT2D eigenvalue weighted by molar-refractivity contribution is 6.32. The molecular formula is C42H30Cl2N8O7. The fourth-order valence-corrected chi connectivity index (χ4v) is 7.89. The summed E-state index contributed by atoms with van der Waals surface area (Å²) in [5, 5.41) is 27.1. The molecule has 0 bridgehead atoms. The largest absolute Gasteiger partial charge is 0.508 e. The lowest BCUT2D eigenvalue weighted by Gasteiger charge is -2.36. The molecule has 1 spiro atoms. The van der Waals surface area contributed by atoms with Gasteiger partial charge in [0, 0.05) is 57.2 Å². The van der Waals surface area contributed by atoms with Gasteiger partial charge in [0.1, 0.15) is 35.6 Å². The van der Waals surface area contributed by atoms with Crippen molar-refractivity contribution in [3.05, 3.63) is 147 Å². The van der Waals surface area contributed by atoms with Gasteiger partial charge in [-0.1, -0.05) is 41.9 Å². The predicted octanol–water partition coefficient (Wildman–Crippen LogP) is 6.44. The van der Waals surface area contributed by atoms with E-state index in [1.807, 2.05) is 30.3 Å². The number of ether oxygens (including phenoxy) is 2. The Labute approximate surface area is 345 Å². The Bertz CT molecular complexity index is 2720. The van der Waals surface area contributed by atoms with Gasteiger partial charge in [-0.3, -0.25) is 14.6 Å². The first-order valence-corrected chi connectivity index (χ1v) is 18.9. The standard InChI is InChI=1S/C42H30Cl2N8O7/c43-22-6-13-32-27(16-22)36(21-4-2-1-3-5-21)48-31(37(56)52(32)20-35(45)55)14-15-46-40-49-39(44)50-41(51-40)47-23-7-10-26-30(17-23)42(59-38(26)57)28-11-8-24(53)18-33(28)58-34-19-25(54)9-12-29(34)42/h1-13,16-19,31,53-54H,14-15,20H2,(H2,45,55)(H2,46,47,49,50,51). The van der Waals surface area contributed by atoms with E-state index in [9.17, 15) is 24.6 Å². The molecule has 4 heterocycles. The maximum atomic E-state index is 14.1. The van der Waals surface area contributed by atoms with Crippen molar-refractivity contribution >= 4 is 70.0 Å². The van der Waals surface area contributed by atoms with Crippen LogP contribution in [0.25, 0.3) is 0 Å². The zero-order valence-electron chi connectivity index (χ0n) is 30.5. The smallest absolute Gasteiger partial charge is 0.340 e. The lowest BCUT2D eigenvalue weighted by Crippen LogP contribution is -2.43. The van der Waals surface area contributed by atoms with Crippen LogP contribution in [0, 0.1) is 0 Å². The number of nitrogens with zero attached hydrogens (tertiary/aromatic N) is 5. The first kappa shape index (κ1) is 37.4. The molecule has 0 saturated carbocycles. The molecule has 5 aromatic carbocycles. The Kier molecular flexibility index (Phi) is 9.25. The molecule has 1 aromatic heterocycles. The number of aromatic hydroxyl groups is 2. The zero-order chi connectivity index (χ0) is 41.0. The van der Waals surface area contributed by atoms with Crippen LogP contribution in [0.1, 0.15) is 44.6 Å². The maximum Gasteiger partial charge on any atom is 0.340 e. The van der Waals surface area contributed by atoms with E-state index in [4.69, 9.17) is 43.4 Å². The predicted molar refractivity (Wildman–Crippen MR) is 218 cm³/mol. The van der Waals surface area contributed by atoms with E-state index >= 15 is 0 Å². The van der Waals surface area contributed by atoms with Gasteiger partial charge >= 0.3 is 5.97 Å². The van der Waals surface area contributed by atoms with Gasteiger partial charge in [0.05, 0.1) is 17.0 Å². The molecule has 294 valence electrons. The highest BCUT2D eigenvalue weighted by Gasteiger charge is 2.54. The first-order valence-electron chi connectivity index (χ1n) is 18.1. The number of anilines is 4. The summed E-state index contributed by atoms with van der Waals surface area (Å²) in [5.74, 6) is -1.21. The van der Waals surface area contributed by atoms with Gasteiger partial charge in [0.2, 0.25) is 23.1 Å². The number of hydrogen-bond donors (Lipinski definition) is 5. The minimum atomic E-state index is -1.49. The molecule has 2 amide bonds. The number of carbonyl (C=O) groups excluding carboxylic acids is 3. The van der Waals surface area contributed by atoms with Gasteiger partial charge in [0.25, 0.3) is 5.91 Å². The van der Waals surface area contributed by atoms with Crippen molar-refractivity contribution in [1.82, 2.24) is 15.0 Å². The van der Waals surface area contributed by atoms with Crippen LogP contribution in [0.5, 0.6) is 23.0 Å². The number of nitrogens with one attached hydrogen (secondary N) is 2. The highest BCUT2D eigenvalue weighted by atomic mass is 35.5. The lowest BCUT2D eigenvalue weighted by atomic mass is 9.77. The monoisotopic (exact) mass is 828 g/mol.